The highest BCUT2D eigenvalue weighted by Gasteiger charge is 2.44. The zero-order valence-electron chi connectivity index (χ0n) is 18.7. The lowest BCUT2D eigenvalue weighted by molar-refractivity contribution is 0.0646. The lowest BCUT2D eigenvalue weighted by Gasteiger charge is -2.30. The Labute approximate surface area is 213 Å². The summed E-state index contributed by atoms with van der Waals surface area (Å²) in [5.41, 5.74) is 3.94. The average molecular weight is 505 g/mol. The van der Waals surface area contributed by atoms with E-state index in [2.05, 4.69) is 6.08 Å². The van der Waals surface area contributed by atoms with Gasteiger partial charge in [0.2, 0.25) is 0 Å². The van der Waals surface area contributed by atoms with Gasteiger partial charge in [-0.05, 0) is 78.4 Å². The van der Waals surface area contributed by atoms with Gasteiger partial charge in [0.1, 0.15) is 0 Å². The lowest BCUT2D eigenvalue weighted by atomic mass is 9.77. The Hall–Kier alpha value is -3.41. The van der Waals surface area contributed by atoms with Crippen LogP contribution in [0, 0.1) is 5.92 Å². The van der Waals surface area contributed by atoms with Gasteiger partial charge in [-0.1, -0.05) is 59.6 Å². The molecule has 0 spiro atoms. The SMILES string of the molecule is O=C(O)c1ccccc1C(=O)N1N=C2/C(=C/c3ccc(Cl)cc3)CCCC2C1c1ccc(Cl)cc1. The number of carboxylic acids is 1. The summed E-state index contributed by atoms with van der Waals surface area (Å²) in [6, 6.07) is 20.9. The highest BCUT2D eigenvalue weighted by molar-refractivity contribution is 6.30. The van der Waals surface area contributed by atoms with Crippen molar-refractivity contribution in [1.29, 1.82) is 0 Å². The summed E-state index contributed by atoms with van der Waals surface area (Å²) < 4.78 is 0. The van der Waals surface area contributed by atoms with Crippen molar-refractivity contribution in [3.63, 3.8) is 0 Å². The third-order valence-corrected chi connectivity index (χ3v) is 7.02. The van der Waals surface area contributed by atoms with Gasteiger partial charge in [-0.25, -0.2) is 9.80 Å². The van der Waals surface area contributed by atoms with Crippen molar-refractivity contribution in [1.82, 2.24) is 5.01 Å². The number of hydrazone groups is 1. The number of carbonyl (C=O) groups is 2. The Morgan fingerprint density at radius 2 is 1.54 bits per heavy atom. The summed E-state index contributed by atoms with van der Waals surface area (Å²) >= 11 is 12.2. The molecular weight excluding hydrogens is 483 g/mol. The van der Waals surface area contributed by atoms with E-state index in [0.717, 1.165) is 41.7 Å². The molecule has 0 bridgehead atoms. The van der Waals surface area contributed by atoms with Crippen LogP contribution in [-0.2, 0) is 0 Å². The van der Waals surface area contributed by atoms with E-state index in [1.54, 1.807) is 24.3 Å². The van der Waals surface area contributed by atoms with Gasteiger partial charge >= 0.3 is 5.97 Å². The molecule has 2 aliphatic rings. The van der Waals surface area contributed by atoms with E-state index in [9.17, 15) is 14.7 Å². The topological polar surface area (TPSA) is 70.0 Å². The van der Waals surface area contributed by atoms with E-state index < -0.39 is 11.9 Å². The molecule has 3 aromatic carbocycles. The molecule has 1 heterocycles. The monoisotopic (exact) mass is 504 g/mol. The highest BCUT2D eigenvalue weighted by Crippen LogP contribution is 2.45. The molecule has 1 N–H and O–H groups in total. The van der Waals surface area contributed by atoms with Crippen LogP contribution in [0.2, 0.25) is 10.0 Å². The van der Waals surface area contributed by atoms with Gasteiger partial charge in [-0.3, -0.25) is 4.79 Å². The smallest absolute Gasteiger partial charge is 0.336 e. The number of halogens is 2. The van der Waals surface area contributed by atoms with Crippen LogP contribution in [0.25, 0.3) is 6.08 Å². The number of hydrogen-bond donors (Lipinski definition) is 1. The van der Waals surface area contributed by atoms with Crippen LogP contribution in [0.3, 0.4) is 0 Å². The van der Waals surface area contributed by atoms with E-state index in [1.165, 1.54) is 17.1 Å². The van der Waals surface area contributed by atoms with Gasteiger partial charge in [0.25, 0.3) is 5.91 Å². The number of benzene rings is 3. The number of fused-ring (bicyclic) bond motifs is 1. The Kier molecular flexibility index (Phi) is 6.46. The molecule has 5 rings (SSSR count). The molecule has 0 radical (unpaired) electrons. The Morgan fingerprint density at radius 1 is 0.914 bits per heavy atom. The number of nitrogens with zero attached hydrogens (tertiary/aromatic N) is 2. The molecule has 0 saturated heterocycles. The van der Waals surface area contributed by atoms with E-state index in [-0.39, 0.29) is 23.1 Å². The molecule has 35 heavy (non-hydrogen) atoms. The molecule has 1 fully saturated rings. The molecule has 5 nitrogen and oxygen atoms in total. The van der Waals surface area contributed by atoms with E-state index in [0.29, 0.717) is 10.0 Å². The minimum absolute atomic E-state index is 0.00980. The van der Waals surface area contributed by atoms with Gasteiger partial charge in [-0.2, -0.15) is 5.10 Å². The van der Waals surface area contributed by atoms with Gasteiger partial charge in [0.05, 0.1) is 22.9 Å². The second-order valence-electron chi connectivity index (χ2n) is 8.70. The average Bonchev–Trinajstić information content (AvgIpc) is 3.26. The van der Waals surface area contributed by atoms with E-state index >= 15 is 0 Å². The Morgan fingerprint density at radius 3 is 2.20 bits per heavy atom. The standard InChI is InChI=1S/C28H22Cl2N2O3/c29-20-12-8-17(9-13-20)16-19-4-3-7-24-25(19)31-32(26(24)18-10-14-21(30)15-11-18)27(33)22-5-1-2-6-23(22)28(34)35/h1-2,5-6,8-16,24,26H,3-4,7H2,(H,34,35)/b19-16+. The summed E-state index contributed by atoms with van der Waals surface area (Å²) in [6.07, 6.45) is 4.77. The third kappa shape index (κ3) is 4.62. The van der Waals surface area contributed by atoms with Gasteiger partial charge in [-0.15, -0.1) is 0 Å². The zero-order valence-corrected chi connectivity index (χ0v) is 20.2. The quantitative estimate of drug-likeness (QED) is 0.410. The lowest BCUT2D eigenvalue weighted by Crippen LogP contribution is -2.32. The summed E-state index contributed by atoms with van der Waals surface area (Å²) in [7, 11) is 0. The maximum Gasteiger partial charge on any atom is 0.336 e. The number of carbonyl (C=O) groups excluding carboxylic acids is 1. The molecule has 1 amide bonds. The van der Waals surface area contributed by atoms with Crippen molar-refractivity contribution in [2.75, 3.05) is 0 Å². The number of carboxylic acid groups (broad SMARTS) is 1. The largest absolute Gasteiger partial charge is 0.478 e. The first-order valence-corrected chi connectivity index (χ1v) is 12.1. The third-order valence-electron chi connectivity index (χ3n) is 6.52. The van der Waals surface area contributed by atoms with Crippen LogP contribution in [0.1, 0.15) is 57.1 Å². The van der Waals surface area contributed by atoms with Crippen LogP contribution in [0.4, 0.5) is 0 Å². The normalized spacial score (nSPS) is 20.5. The van der Waals surface area contributed by atoms with Crippen LogP contribution < -0.4 is 0 Å². The van der Waals surface area contributed by atoms with Crippen molar-refractivity contribution >= 4 is 46.9 Å². The summed E-state index contributed by atoms with van der Waals surface area (Å²) in [6.45, 7) is 0. The number of rotatable bonds is 4. The van der Waals surface area contributed by atoms with Crippen molar-refractivity contribution in [3.8, 4) is 0 Å². The summed E-state index contributed by atoms with van der Waals surface area (Å²) in [5.74, 6) is -1.59. The summed E-state index contributed by atoms with van der Waals surface area (Å²) in [5, 5.41) is 17.2. The minimum atomic E-state index is -1.15. The molecule has 2 atom stereocenters. The first kappa shape index (κ1) is 23.3. The molecule has 2 unspecified atom stereocenters. The molecular formula is C28H22Cl2N2O3. The Balaban J connectivity index is 1.60. The fraction of sp³-hybridized carbons (Fsp3) is 0.179. The maximum atomic E-state index is 13.8. The molecule has 7 heteroatoms. The van der Waals surface area contributed by atoms with Crippen molar-refractivity contribution in [3.05, 3.63) is 111 Å². The first-order chi connectivity index (χ1) is 16.9. The molecule has 0 aromatic heterocycles. The minimum Gasteiger partial charge on any atom is -0.478 e. The van der Waals surface area contributed by atoms with Crippen LogP contribution in [-0.4, -0.2) is 27.7 Å². The number of allylic oxidation sites excluding steroid dienone is 1. The number of amides is 1. The van der Waals surface area contributed by atoms with Gasteiger partial charge < -0.3 is 5.11 Å². The van der Waals surface area contributed by atoms with Crippen molar-refractivity contribution < 1.29 is 14.7 Å². The van der Waals surface area contributed by atoms with Crippen LogP contribution in [0.15, 0.2) is 83.5 Å². The highest BCUT2D eigenvalue weighted by atomic mass is 35.5. The van der Waals surface area contributed by atoms with E-state index in [4.69, 9.17) is 28.3 Å². The van der Waals surface area contributed by atoms with E-state index in [1.807, 2.05) is 36.4 Å². The predicted molar refractivity (Wildman–Crippen MR) is 138 cm³/mol. The zero-order chi connectivity index (χ0) is 24.5. The van der Waals surface area contributed by atoms with Gasteiger partial charge in [0.15, 0.2) is 0 Å². The van der Waals surface area contributed by atoms with Gasteiger partial charge in [0, 0.05) is 16.0 Å². The number of hydrogen-bond acceptors (Lipinski definition) is 3. The summed E-state index contributed by atoms with van der Waals surface area (Å²) in [4.78, 5) is 25.6. The fourth-order valence-electron chi connectivity index (χ4n) is 4.90. The second-order valence-corrected chi connectivity index (χ2v) is 9.57. The Bertz CT molecular complexity index is 1350. The maximum absolute atomic E-state index is 13.8. The molecule has 3 aromatic rings. The molecule has 1 saturated carbocycles. The van der Waals surface area contributed by atoms with Crippen molar-refractivity contribution in [2.24, 2.45) is 11.0 Å². The fourth-order valence-corrected chi connectivity index (χ4v) is 5.15. The van der Waals surface area contributed by atoms with Crippen LogP contribution >= 0.6 is 23.2 Å². The second kappa shape index (κ2) is 9.68. The first-order valence-electron chi connectivity index (χ1n) is 11.4. The van der Waals surface area contributed by atoms with Crippen LogP contribution in [0.5, 0.6) is 0 Å². The number of aromatic carboxylic acids is 1. The molecule has 1 aliphatic carbocycles. The molecule has 1 aliphatic heterocycles. The molecule has 176 valence electrons. The van der Waals surface area contributed by atoms with Crippen molar-refractivity contribution in [2.45, 2.75) is 25.3 Å². The predicted octanol–water partition coefficient (Wildman–Crippen LogP) is 7.13.